The summed E-state index contributed by atoms with van der Waals surface area (Å²) in [6.07, 6.45) is 3.09. The lowest BCUT2D eigenvalue weighted by molar-refractivity contribution is -0.118. The molecule has 1 aromatic carbocycles. The quantitative estimate of drug-likeness (QED) is 0.663. The third kappa shape index (κ3) is 3.91. The first-order valence-corrected chi connectivity index (χ1v) is 10.7. The van der Waals surface area contributed by atoms with Crippen LogP contribution < -0.4 is 10.9 Å². The van der Waals surface area contributed by atoms with E-state index in [4.69, 9.17) is 0 Å². The molecule has 1 amide bonds. The second-order valence-corrected chi connectivity index (χ2v) is 8.48. The fourth-order valence-electron chi connectivity index (χ4n) is 3.24. The zero-order valence-electron chi connectivity index (χ0n) is 14.5. The van der Waals surface area contributed by atoms with E-state index in [0.29, 0.717) is 17.1 Å². The highest BCUT2D eigenvalue weighted by Gasteiger charge is 2.21. The van der Waals surface area contributed by atoms with Gasteiger partial charge in [0.2, 0.25) is 5.91 Å². The van der Waals surface area contributed by atoms with Gasteiger partial charge < -0.3 is 10.3 Å². The van der Waals surface area contributed by atoms with E-state index in [1.165, 1.54) is 22.7 Å². The lowest BCUT2D eigenvalue weighted by Crippen LogP contribution is -2.25. The van der Waals surface area contributed by atoms with Crippen molar-refractivity contribution in [2.75, 3.05) is 5.75 Å². The van der Waals surface area contributed by atoms with E-state index in [2.05, 4.69) is 15.3 Å². The lowest BCUT2D eigenvalue weighted by Gasteiger charge is -2.06. The molecule has 8 heteroatoms. The van der Waals surface area contributed by atoms with Gasteiger partial charge in [-0.05, 0) is 30.9 Å². The summed E-state index contributed by atoms with van der Waals surface area (Å²) < 4.78 is 13.5. The van der Waals surface area contributed by atoms with Crippen LogP contribution in [0.15, 0.2) is 29.1 Å². The van der Waals surface area contributed by atoms with Gasteiger partial charge in [0.15, 0.2) is 0 Å². The molecule has 0 saturated heterocycles. The van der Waals surface area contributed by atoms with Crippen molar-refractivity contribution in [1.29, 1.82) is 0 Å². The monoisotopic (exact) mass is 403 g/mol. The summed E-state index contributed by atoms with van der Waals surface area (Å²) in [7, 11) is 0. The van der Waals surface area contributed by atoms with Crippen molar-refractivity contribution in [1.82, 2.24) is 15.3 Å². The zero-order chi connectivity index (χ0) is 18.8. The Labute approximate surface area is 163 Å². The summed E-state index contributed by atoms with van der Waals surface area (Å²) in [6, 6.07) is 6.36. The molecule has 5 nitrogen and oxygen atoms in total. The van der Waals surface area contributed by atoms with E-state index in [9.17, 15) is 14.0 Å². The van der Waals surface area contributed by atoms with Crippen LogP contribution in [0.25, 0.3) is 10.2 Å². The minimum absolute atomic E-state index is 0.0843. The van der Waals surface area contributed by atoms with E-state index >= 15 is 0 Å². The number of hydrogen-bond donors (Lipinski definition) is 2. The number of thioether (sulfide) groups is 1. The minimum atomic E-state index is -0.330. The van der Waals surface area contributed by atoms with Crippen LogP contribution in [0, 0.1) is 5.82 Å². The molecule has 1 aliphatic carbocycles. The standard InChI is InChI=1S/C19H18FN3O2S2/c20-13-6-2-1-4-11(13)8-21-16(24)10-26-9-15-22-18(25)17-12-5-3-7-14(12)27-19(17)23-15/h1-2,4,6H,3,5,7-10H2,(H,21,24)(H,22,23,25). The molecule has 0 bridgehead atoms. The predicted molar refractivity (Wildman–Crippen MR) is 107 cm³/mol. The molecule has 0 saturated carbocycles. The van der Waals surface area contributed by atoms with E-state index in [0.717, 1.165) is 35.0 Å². The number of fused-ring (bicyclic) bond motifs is 3. The van der Waals surface area contributed by atoms with Crippen molar-refractivity contribution < 1.29 is 9.18 Å². The highest BCUT2D eigenvalue weighted by Crippen LogP contribution is 2.34. The Balaban J connectivity index is 1.33. The lowest BCUT2D eigenvalue weighted by atomic mass is 10.2. The molecule has 0 spiro atoms. The molecule has 4 rings (SSSR count). The van der Waals surface area contributed by atoms with Gasteiger partial charge >= 0.3 is 0 Å². The second-order valence-electron chi connectivity index (χ2n) is 6.41. The van der Waals surface area contributed by atoms with Gasteiger partial charge in [0.1, 0.15) is 16.5 Å². The Morgan fingerprint density at radius 3 is 3.04 bits per heavy atom. The van der Waals surface area contributed by atoms with Crippen molar-refractivity contribution in [2.24, 2.45) is 0 Å². The van der Waals surface area contributed by atoms with Crippen LogP contribution in [-0.2, 0) is 29.9 Å². The van der Waals surface area contributed by atoms with Gasteiger partial charge in [0, 0.05) is 17.0 Å². The predicted octanol–water partition coefficient (Wildman–Crippen LogP) is 3.16. The average Bonchev–Trinajstić information content (AvgIpc) is 3.21. The Bertz CT molecular complexity index is 1060. The number of nitrogens with one attached hydrogen (secondary N) is 2. The third-order valence-electron chi connectivity index (χ3n) is 4.53. The third-order valence-corrected chi connectivity index (χ3v) is 6.66. The van der Waals surface area contributed by atoms with Gasteiger partial charge in [0.25, 0.3) is 5.56 Å². The van der Waals surface area contributed by atoms with Crippen LogP contribution in [-0.4, -0.2) is 21.6 Å². The largest absolute Gasteiger partial charge is 0.351 e. The van der Waals surface area contributed by atoms with Crippen molar-refractivity contribution in [3.63, 3.8) is 0 Å². The molecule has 0 aliphatic heterocycles. The van der Waals surface area contributed by atoms with Crippen LogP contribution >= 0.6 is 23.1 Å². The molecule has 0 fully saturated rings. The first-order valence-electron chi connectivity index (χ1n) is 8.73. The average molecular weight is 404 g/mol. The van der Waals surface area contributed by atoms with Crippen LogP contribution in [0.2, 0.25) is 0 Å². The molecule has 1 aliphatic rings. The van der Waals surface area contributed by atoms with E-state index in [-0.39, 0.29) is 29.6 Å². The highest BCUT2D eigenvalue weighted by atomic mass is 32.2. The van der Waals surface area contributed by atoms with Gasteiger partial charge in [0.05, 0.1) is 16.9 Å². The van der Waals surface area contributed by atoms with Crippen molar-refractivity contribution in [3.05, 3.63) is 62.3 Å². The maximum Gasteiger partial charge on any atom is 0.259 e. The number of aryl methyl sites for hydroxylation is 2. The first kappa shape index (κ1) is 18.2. The van der Waals surface area contributed by atoms with E-state index in [1.807, 2.05) is 0 Å². The fourth-order valence-corrected chi connectivity index (χ4v) is 5.24. The number of halogens is 1. The number of H-pyrrole nitrogens is 1. The van der Waals surface area contributed by atoms with Gasteiger partial charge in [-0.3, -0.25) is 9.59 Å². The first-order chi connectivity index (χ1) is 13.1. The van der Waals surface area contributed by atoms with Crippen LogP contribution in [0.4, 0.5) is 4.39 Å². The molecule has 0 radical (unpaired) electrons. The van der Waals surface area contributed by atoms with Crippen molar-refractivity contribution >= 4 is 39.2 Å². The summed E-state index contributed by atoms with van der Waals surface area (Å²) >= 11 is 2.97. The number of hydrogen-bond acceptors (Lipinski definition) is 5. The molecule has 2 heterocycles. The highest BCUT2D eigenvalue weighted by molar-refractivity contribution is 7.99. The minimum Gasteiger partial charge on any atom is -0.351 e. The number of thiophene rings is 1. The Morgan fingerprint density at radius 1 is 1.33 bits per heavy atom. The number of aromatic amines is 1. The van der Waals surface area contributed by atoms with Crippen LogP contribution in [0.3, 0.4) is 0 Å². The van der Waals surface area contributed by atoms with Gasteiger partial charge in [-0.1, -0.05) is 18.2 Å². The number of benzene rings is 1. The summed E-state index contributed by atoms with van der Waals surface area (Å²) in [5, 5.41) is 3.44. The van der Waals surface area contributed by atoms with Crippen LogP contribution in [0.1, 0.15) is 28.2 Å². The number of carbonyl (C=O) groups is 1. The SMILES string of the molecule is O=C(CSCc1nc2sc3c(c2c(=O)[nH]1)CCC3)NCc1ccccc1F. The normalized spacial score (nSPS) is 13.1. The summed E-state index contributed by atoms with van der Waals surface area (Å²) in [6.45, 7) is 0.161. The fraction of sp³-hybridized carbons (Fsp3) is 0.316. The Morgan fingerprint density at radius 2 is 2.19 bits per heavy atom. The zero-order valence-corrected chi connectivity index (χ0v) is 16.1. The molecule has 0 unspecified atom stereocenters. The number of aromatic nitrogens is 2. The molecular weight excluding hydrogens is 385 g/mol. The Kier molecular flexibility index (Phi) is 5.27. The summed E-state index contributed by atoms with van der Waals surface area (Å²) in [5.74, 6) is 0.738. The molecule has 27 heavy (non-hydrogen) atoms. The number of carbonyl (C=O) groups excluding carboxylic acids is 1. The molecule has 140 valence electrons. The topological polar surface area (TPSA) is 74.8 Å². The molecular formula is C19H18FN3O2S2. The van der Waals surface area contributed by atoms with Gasteiger partial charge in [-0.2, -0.15) is 0 Å². The van der Waals surface area contributed by atoms with Gasteiger partial charge in [-0.25, -0.2) is 9.37 Å². The number of nitrogens with zero attached hydrogens (tertiary/aromatic N) is 1. The van der Waals surface area contributed by atoms with Crippen molar-refractivity contribution in [3.8, 4) is 0 Å². The summed E-state index contributed by atoms with van der Waals surface area (Å²) in [5.41, 5.74) is 1.53. The summed E-state index contributed by atoms with van der Waals surface area (Å²) in [4.78, 5) is 33.8. The maximum absolute atomic E-state index is 13.5. The molecule has 2 aromatic heterocycles. The number of rotatable bonds is 6. The molecule has 0 atom stereocenters. The maximum atomic E-state index is 13.5. The second kappa shape index (κ2) is 7.82. The molecule has 3 aromatic rings. The Hall–Kier alpha value is -2.19. The smallest absolute Gasteiger partial charge is 0.259 e. The van der Waals surface area contributed by atoms with Crippen LogP contribution in [0.5, 0.6) is 0 Å². The van der Waals surface area contributed by atoms with E-state index in [1.54, 1.807) is 29.5 Å². The van der Waals surface area contributed by atoms with Crippen molar-refractivity contribution in [2.45, 2.75) is 31.6 Å². The van der Waals surface area contributed by atoms with E-state index < -0.39 is 0 Å². The number of amides is 1. The molecule has 2 N–H and O–H groups in total. The van der Waals surface area contributed by atoms with Gasteiger partial charge in [-0.15, -0.1) is 23.1 Å².